The molecule has 1 aromatic rings. The van der Waals surface area contributed by atoms with E-state index in [0.29, 0.717) is 5.56 Å². The van der Waals surface area contributed by atoms with E-state index in [1.54, 1.807) is 12.1 Å². The first-order valence-electron chi connectivity index (χ1n) is 6.51. The Balaban J connectivity index is -0.0000000679. The summed E-state index contributed by atoms with van der Waals surface area (Å²) in [5, 5.41) is 2.75. The van der Waals surface area contributed by atoms with Crippen molar-refractivity contribution in [2.75, 3.05) is 20.0 Å². The maximum atomic E-state index is 10.1. The third-order valence-corrected chi connectivity index (χ3v) is 2.73. The molecular formula is C15H27BrClMgNO. The van der Waals surface area contributed by atoms with Gasteiger partial charge in [-0.15, -0.1) is 11.6 Å². The zero-order valence-corrected chi connectivity index (χ0v) is 16.5. The zero-order valence-electron chi connectivity index (χ0n) is 14.8. The molecular weight excluding hydrogens is 350 g/mol. The van der Waals surface area contributed by atoms with E-state index in [0.717, 1.165) is 16.6 Å². The number of nitrogens with one attached hydrogen (secondary N) is 1. The van der Waals surface area contributed by atoms with Crippen LogP contribution in [0.15, 0.2) is 28.7 Å². The second-order valence-electron chi connectivity index (χ2n) is 3.92. The van der Waals surface area contributed by atoms with Crippen LogP contribution in [0.25, 0.3) is 0 Å². The normalized spacial score (nSPS) is 8.25. The Hall–Kier alpha value is 0.386. The Bertz CT molecular complexity index is 319. The molecule has 2 nitrogen and oxygen atoms in total. The summed E-state index contributed by atoms with van der Waals surface area (Å²) in [6.45, 7) is 2.20. The summed E-state index contributed by atoms with van der Waals surface area (Å²) in [6, 6.07) is 7.24. The summed E-state index contributed by atoms with van der Waals surface area (Å²) < 4.78 is 0.937. The Morgan fingerprint density at radius 3 is 2.25 bits per heavy atom. The second-order valence-corrected chi connectivity index (χ2v) is 5.22. The number of benzene rings is 1. The number of carbonyl (C=O) groups excluding carboxylic acids is 1. The van der Waals surface area contributed by atoms with Crippen molar-refractivity contribution in [1.29, 1.82) is 0 Å². The molecule has 0 atom stereocenters. The third-order valence-electron chi connectivity index (χ3n) is 1.97. The van der Waals surface area contributed by atoms with Crippen molar-refractivity contribution in [2.24, 2.45) is 0 Å². The molecule has 0 fully saturated rings. The van der Waals surface area contributed by atoms with E-state index in [1.165, 1.54) is 25.7 Å². The van der Waals surface area contributed by atoms with E-state index < -0.39 is 0 Å². The molecule has 114 valence electrons. The van der Waals surface area contributed by atoms with Gasteiger partial charge in [0.15, 0.2) is 0 Å². The van der Waals surface area contributed by atoms with Gasteiger partial charge in [0.1, 0.15) is 6.29 Å². The predicted octanol–water partition coefficient (Wildman–Crippen LogP) is 4.75. The monoisotopic (exact) mass is 375 g/mol. The largest absolute Gasteiger partial charge is 2.00 e. The topological polar surface area (TPSA) is 29.1 Å². The molecule has 1 rings (SSSR count). The average Bonchev–Trinajstić information content (AvgIpc) is 2.41. The Labute approximate surface area is 156 Å². The summed E-state index contributed by atoms with van der Waals surface area (Å²) in [5.74, 6) is 0.833. The molecule has 0 saturated carbocycles. The van der Waals surface area contributed by atoms with Crippen molar-refractivity contribution in [3.8, 4) is 0 Å². The Morgan fingerprint density at radius 2 is 1.90 bits per heavy atom. The predicted molar refractivity (Wildman–Crippen MR) is 97.4 cm³/mol. The maximum Gasteiger partial charge on any atom is 2.00 e. The van der Waals surface area contributed by atoms with E-state index in [1.807, 2.05) is 26.2 Å². The molecule has 5 heteroatoms. The van der Waals surface area contributed by atoms with Crippen molar-refractivity contribution >= 4 is 56.9 Å². The molecule has 0 aliphatic rings. The number of hydrogen-bond donors (Lipinski definition) is 1. The Kier molecular flexibility index (Phi) is 27.5. The van der Waals surface area contributed by atoms with Crippen molar-refractivity contribution in [1.82, 2.24) is 5.32 Å². The van der Waals surface area contributed by atoms with Gasteiger partial charge in [-0.25, -0.2) is 0 Å². The molecule has 0 heterocycles. The number of rotatable bonds is 5. The minimum atomic E-state index is 0. The van der Waals surface area contributed by atoms with Crippen molar-refractivity contribution in [3.05, 3.63) is 34.3 Å². The first-order chi connectivity index (χ1) is 9.15. The molecule has 0 spiro atoms. The van der Waals surface area contributed by atoms with E-state index in [9.17, 15) is 4.79 Å². The van der Waals surface area contributed by atoms with Gasteiger partial charge in [0, 0.05) is 15.9 Å². The van der Waals surface area contributed by atoms with Gasteiger partial charge in [0.05, 0.1) is 0 Å². The summed E-state index contributed by atoms with van der Waals surface area (Å²) in [5.41, 5.74) is 0.698. The van der Waals surface area contributed by atoms with Crippen molar-refractivity contribution in [3.63, 3.8) is 0 Å². The molecule has 1 N–H and O–H groups in total. The minimum Gasteiger partial charge on any atom is -1.00 e. The van der Waals surface area contributed by atoms with E-state index in [2.05, 4.69) is 28.2 Å². The van der Waals surface area contributed by atoms with Gasteiger partial charge in [0.2, 0.25) is 0 Å². The van der Waals surface area contributed by atoms with Gasteiger partial charge in [-0.05, 0) is 32.6 Å². The van der Waals surface area contributed by atoms with E-state index in [-0.39, 0.29) is 25.9 Å². The molecule has 0 aliphatic carbocycles. The van der Waals surface area contributed by atoms with Crippen molar-refractivity contribution in [2.45, 2.75) is 32.6 Å². The fourth-order valence-electron chi connectivity index (χ4n) is 1.10. The number of hydrogen-bond acceptors (Lipinski definition) is 2. The van der Waals surface area contributed by atoms with Gasteiger partial charge < -0.3 is 8.17 Å². The van der Waals surface area contributed by atoms with Crippen LogP contribution in [0.4, 0.5) is 0 Å². The Morgan fingerprint density at radius 1 is 1.30 bits per heavy atom. The summed E-state index contributed by atoms with van der Waals surface area (Å²) in [4.78, 5) is 10.1. The molecule has 0 radical (unpaired) electrons. The minimum absolute atomic E-state index is 0. The second kappa shape index (κ2) is 21.7. The zero-order chi connectivity index (χ0) is 14.9. The molecule has 0 saturated heterocycles. The van der Waals surface area contributed by atoms with Gasteiger partial charge in [-0.1, -0.05) is 54.2 Å². The number of aldehydes is 1. The fourth-order valence-corrected chi connectivity index (χ4v) is 1.71. The van der Waals surface area contributed by atoms with Crippen LogP contribution in [0, 0.1) is 0 Å². The number of unbranched alkanes of at least 4 members (excludes halogenated alkanes) is 3. The molecule has 0 amide bonds. The van der Waals surface area contributed by atoms with Gasteiger partial charge in [-0.2, -0.15) is 0 Å². The van der Waals surface area contributed by atoms with Crippen LogP contribution in [0.2, 0.25) is 0 Å². The first kappa shape index (κ1) is 25.3. The maximum absolute atomic E-state index is 10.1. The number of alkyl halides is 1. The SMILES string of the molecule is CCCCCCCl.CNC.O=Cc1cccc(Br)c1.[H-].[H-].[Mg+2]. The van der Waals surface area contributed by atoms with Crippen molar-refractivity contribution < 1.29 is 7.65 Å². The standard InChI is InChI=1S/C7H5BrO.C6H13Cl.C2H7N.Mg.2H/c8-7-3-1-2-6(4-7)5-9;1-2-3-4-5-6-7;1-3-2;;;/h1-5H;2-6H2,1H3;3H,1-2H3;;;/q;;;+2;2*-1. The van der Waals surface area contributed by atoms with Crippen LogP contribution in [-0.2, 0) is 0 Å². The van der Waals surface area contributed by atoms with Crippen LogP contribution in [0.5, 0.6) is 0 Å². The average molecular weight is 377 g/mol. The summed E-state index contributed by atoms with van der Waals surface area (Å²) >= 11 is 8.68. The molecule has 0 aromatic heterocycles. The summed E-state index contributed by atoms with van der Waals surface area (Å²) in [6.07, 6.45) is 5.96. The first-order valence-corrected chi connectivity index (χ1v) is 7.84. The van der Waals surface area contributed by atoms with Crippen LogP contribution in [0.1, 0.15) is 45.8 Å². The van der Waals surface area contributed by atoms with Crippen LogP contribution < -0.4 is 5.32 Å². The smallest absolute Gasteiger partial charge is 1.00 e. The molecule has 1 aromatic carbocycles. The molecule has 0 unspecified atom stereocenters. The van der Waals surface area contributed by atoms with Gasteiger partial charge in [0.25, 0.3) is 0 Å². The van der Waals surface area contributed by atoms with Gasteiger partial charge >= 0.3 is 23.1 Å². The molecule has 20 heavy (non-hydrogen) atoms. The quantitative estimate of drug-likeness (QED) is 0.348. The fraction of sp³-hybridized carbons (Fsp3) is 0.533. The van der Waals surface area contributed by atoms with Gasteiger partial charge in [-0.3, -0.25) is 4.79 Å². The van der Waals surface area contributed by atoms with Crippen LogP contribution in [0.3, 0.4) is 0 Å². The third kappa shape index (κ3) is 20.7. The summed E-state index contributed by atoms with van der Waals surface area (Å²) in [7, 11) is 3.75. The molecule has 0 bridgehead atoms. The van der Waals surface area contributed by atoms with Crippen LogP contribution in [-0.4, -0.2) is 49.3 Å². The van der Waals surface area contributed by atoms with Crippen LogP contribution >= 0.6 is 27.5 Å². The number of halogens is 2. The number of carbonyl (C=O) groups is 1. The van der Waals surface area contributed by atoms with E-state index in [4.69, 9.17) is 11.6 Å². The molecule has 0 aliphatic heterocycles. The van der Waals surface area contributed by atoms with E-state index >= 15 is 0 Å².